The van der Waals surface area contributed by atoms with Gasteiger partial charge in [-0.25, -0.2) is 4.98 Å². The van der Waals surface area contributed by atoms with Crippen LogP contribution in [-0.2, 0) is 0 Å². The molecule has 4 aromatic heterocycles. The number of rotatable bonds is 5. The first-order valence-electron chi connectivity index (χ1n) is 17.8. The molecule has 5 nitrogen and oxygen atoms in total. The molecule has 0 unspecified atom stereocenters. The van der Waals surface area contributed by atoms with Gasteiger partial charge in [-0.1, -0.05) is 137 Å². The summed E-state index contributed by atoms with van der Waals surface area (Å²) >= 11 is 0. The van der Waals surface area contributed by atoms with Gasteiger partial charge in [0.25, 0.3) is 0 Å². The van der Waals surface area contributed by atoms with E-state index in [0.717, 1.165) is 44.8 Å². The second-order valence-electron chi connectivity index (χ2n) is 13.9. The highest BCUT2D eigenvalue weighted by atomic mass is 15.2. The molecule has 0 N–H and O–H groups in total. The van der Waals surface area contributed by atoms with Crippen LogP contribution in [0, 0.1) is 20.8 Å². The minimum Gasteiger partial charge on any atom is -0.294 e. The van der Waals surface area contributed by atoms with E-state index in [1.54, 1.807) is 0 Å². The van der Waals surface area contributed by atoms with Crippen LogP contribution in [-0.4, -0.2) is 30.9 Å². The lowest BCUT2D eigenvalue weighted by molar-refractivity contribution is 1.08. The number of hydrogen-bond acceptors (Lipinski definition) is 3. The number of fused-ring (bicyclic) bond motifs is 9. The van der Waals surface area contributed by atoms with E-state index in [2.05, 4.69) is 169 Å². The number of aromatic nitrogens is 5. The molecule has 4 heterocycles. The molecule has 0 bridgehead atoms. The van der Waals surface area contributed by atoms with E-state index in [0.29, 0.717) is 0 Å². The van der Waals surface area contributed by atoms with Crippen LogP contribution in [0.5, 0.6) is 0 Å². The van der Waals surface area contributed by atoms with Crippen LogP contribution in [0.3, 0.4) is 0 Å². The fourth-order valence-corrected chi connectivity index (χ4v) is 8.56. The molecule has 0 aliphatic heterocycles. The van der Waals surface area contributed by atoms with Gasteiger partial charge in [0.05, 0.1) is 16.6 Å². The highest BCUT2D eigenvalue weighted by Gasteiger charge is 2.26. The average molecular weight is 668 g/mol. The van der Waals surface area contributed by atoms with Crippen molar-refractivity contribution in [3.8, 4) is 17.2 Å². The van der Waals surface area contributed by atoms with Gasteiger partial charge in [0.2, 0.25) is 6.71 Å². The normalized spacial score (nSPS) is 11.8. The Morgan fingerprint density at radius 2 is 1.12 bits per heavy atom. The maximum atomic E-state index is 4.94. The molecule has 246 valence electrons. The summed E-state index contributed by atoms with van der Waals surface area (Å²) in [6, 6.07) is 52.5. The Hall–Kier alpha value is -6.53. The first kappa shape index (κ1) is 30.3. The Morgan fingerprint density at radius 3 is 1.87 bits per heavy atom. The summed E-state index contributed by atoms with van der Waals surface area (Å²) in [6.07, 6.45) is 1.86. The van der Waals surface area contributed by atoms with Crippen LogP contribution < -0.4 is 16.4 Å². The molecular weight excluding hydrogens is 633 g/mol. The van der Waals surface area contributed by atoms with Gasteiger partial charge in [0.1, 0.15) is 5.82 Å². The van der Waals surface area contributed by atoms with Gasteiger partial charge in [-0.3, -0.25) is 8.97 Å². The van der Waals surface area contributed by atoms with E-state index >= 15 is 0 Å². The number of aryl methyl sites for hydroxylation is 3. The molecule has 0 spiro atoms. The summed E-state index contributed by atoms with van der Waals surface area (Å²) in [6.45, 7) is 6.47. The molecule has 0 saturated heterocycles. The second kappa shape index (κ2) is 11.8. The predicted octanol–water partition coefficient (Wildman–Crippen LogP) is 8.64. The van der Waals surface area contributed by atoms with Crippen LogP contribution in [0.4, 0.5) is 0 Å². The lowest BCUT2D eigenvalue weighted by Gasteiger charge is -2.18. The molecule has 6 aromatic carbocycles. The summed E-state index contributed by atoms with van der Waals surface area (Å²) in [5.74, 6) is 1.78. The van der Waals surface area contributed by atoms with Crippen molar-refractivity contribution in [1.29, 1.82) is 0 Å². The molecule has 52 heavy (non-hydrogen) atoms. The quantitative estimate of drug-likeness (QED) is 0.136. The monoisotopic (exact) mass is 667 g/mol. The molecule has 0 radical (unpaired) electrons. The van der Waals surface area contributed by atoms with Crippen molar-refractivity contribution in [1.82, 2.24) is 24.1 Å². The summed E-state index contributed by atoms with van der Waals surface area (Å²) in [5, 5.41) is 15.7. The van der Waals surface area contributed by atoms with Gasteiger partial charge < -0.3 is 0 Å². The minimum atomic E-state index is -0.0271. The zero-order valence-corrected chi connectivity index (χ0v) is 29.2. The van der Waals surface area contributed by atoms with E-state index in [1.807, 2.05) is 12.3 Å². The third-order valence-electron chi connectivity index (χ3n) is 10.7. The standard InChI is InChI=1S/C46H34BN5/c1-29-25-30(2)44(31(3)26-29)46-50-49-45-39-27-33(20-22-35(39)36-15-7-10-18-41(36)52(45)46)47(32-13-5-4-6-14-32)34-21-23-38-37-16-8-9-17-40(37)51(42(38)28-34)43-19-11-12-24-48-43/h4-28H,1-3H3. The fraction of sp³-hybridized carbons (Fsp3) is 0.0652. The van der Waals surface area contributed by atoms with E-state index in [-0.39, 0.29) is 6.71 Å². The predicted molar refractivity (Wildman–Crippen MR) is 217 cm³/mol. The van der Waals surface area contributed by atoms with Gasteiger partial charge in [0.15, 0.2) is 11.5 Å². The van der Waals surface area contributed by atoms with Crippen LogP contribution in [0.2, 0.25) is 0 Å². The molecule has 0 fully saturated rings. The molecule has 0 aliphatic carbocycles. The third-order valence-corrected chi connectivity index (χ3v) is 10.7. The fourth-order valence-electron chi connectivity index (χ4n) is 8.56. The Kier molecular flexibility index (Phi) is 6.87. The van der Waals surface area contributed by atoms with E-state index < -0.39 is 0 Å². The van der Waals surface area contributed by atoms with E-state index in [4.69, 9.17) is 15.2 Å². The van der Waals surface area contributed by atoms with Crippen molar-refractivity contribution >= 4 is 72.2 Å². The van der Waals surface area contributed by atoms with Gasteiger partial charge in [-0.05, 0) is 67.6 Å². The van der Waals surface area contributed by atoms with Crippen LogP contribution in [0.15, 0.2) is 152 Å². The number of pyridine rings is 2. The van der Waals surface area contributed by atoms with E-state index in [1.165, 1.54) is 54.6 Å². The van der Waals surface area contributed by atoms with Crippen molar-refractivity contribution in [3.05, 3.63) is 168 Å². The topological polar surface area (TPSA) is 48.0 Å². The molecule has 6 heteroatoms. The number of hydrogen-bond donors (Lipinski definition) is 0. The van der Waals surface area contributed by atoms with Crippen molar-refractivity contribution in [2.45, 2.75) is 20.8 Å². The van der Waals surface area contributed by atoms with Gasteiger partial charge in [-0.2, -0.15) is 0 Å². The Labute approximate surface area is 301 Å². The largest absolute Gasteiger partial charge is 0.294 e. The lowest BCUT2D eigenvalue weighted by atomic mass is 9.36. The molecule has 0 aliphatic rings. The molecule has 10 rings (SSSR count). The van der Waals surface area contributed by atoms with Gasteiger partial charge in [-0.15, -0.1) is 10.2 Å². The van der Waals surface area contributed by atoms with Crippen molar-refractivity contribution < 1.29 is 0 Å². The molecule has 10 aromatic rings. The zero-order chi connectivity index (χ0) is 34.9. The zero-order valence-electron chi connectivity index (χ0n) is 29.2. The lowest BCUT2D eigenvalue weighted by Crippen LogP contribution is -2.51. The first-order chi connectivity index (χ1) is 25.5. The summed E-state index contributed by atoms with van der Waals surface area (Å²) in [5.41, 5.74) is 12.7. The number of para-hydroxylation sites is 2. The smallest absolute Gasteiger partial charge is 0.241 e. The van der Waals surface area contributed by atoms with Gasteiger partial charge in [0, 0.05) is 33.3 Å². The van der Waals surface area contributed by atoms with Crippen LogP contribution >= 0.6 is 0 Å². The molecule has 0 saturated carbocycles. The highest BCUT2D eigenvalue weighted by molar-refractivity contribution is 6.95. The van der Waals surface area contributed by atoms with Crippen molar-refractivity contribution in [2.75, 3.05) is 0 Å². The van der Waals surface area contributed by atoms with Crippen LogP contribution in [0.25, 0.3) is 66.3 Å². The SMILES string of the molecule is Cc1cc(C)c(-c2nnc3c4cc(B(c5ccccc5)c5ccc6c7ccccc7n(-c7ccccn7)c6c5)ccc4c4ccccc4n23)c(C)c1. The van der Waals surface area contributed by atoms with Crippen molar-refractivity contribution in [3.63, 3.8) is 0 Å². The Morgan fingerprint density at radius 1 is 0.481 bits per heavy atom. The molecular formula is C46H34BN5. The number of benzene rings is 6. The third kappa shape index (κ3) is 4.61. The average Bonchev–Trinajstić information content (AvgIpc) is 3.75. The maximum Gasteiger partial charge on any atom is 0.241 e. The summed E-state index contributed by atoms with van der Waals surface area (Å²) in [4.78, 5) is 4.79. The second-order valence-corrected chi connectivity index (χ2v) is 13.9. The summed E-state index contributed by atoms with van der Waals surface area (Å²) < 4.78 is 4.56. The van der Waals surface area contributed by atoms with Crippen LogP contribution in [0.1, 0.15) is 16.7 Å². The number of nitrogens with zero attached hydrogens (tertiary/aromatic N) is 5. The molecule has 0 amide bonds. The molecule has 0 atom stereocenters. The maximum absolute atomic E-state index is 4.94. The Balaban J connectivity index is 1.24. The first-order valence-corrected chi connectivity index (χ1v) is 17.8. The van der Waals surface area contributed by atoms with E-state index in [9.17, 15) is 0 Å². The van der Waals surface area contributed by atoms with Crippen molar-refractivity contribution in [2.24, 2.45) is 0 Å². The van der Waals surface area contributed by atoms with Gasteiger partial charge >= 0.3 is 0 Å². The highest BCUT2D eigenvalue weighted by Crippen LogP contribution is 2.35. The summed E-state index contributed by atoms with van der Waals surface area (Å²) in [7, 11) is 0. The minimum absolute atomic E-state index is 0.0271. The Bertz CT molecular complexity index is 2980.